The van der Waals surface area contributed by atoms with Crippen molar-refractivity contribution in [2.45, 2.75) is 0 Å². The maximum absolute atomic E-state index is 11.9. The van der Waals surface area contributed by atoms with Crippen LogP contribution in [-0.4, -0.2) is 0 Å². The van der Waals surface area contributed by atoms with Gasteiger partial charge in [0.15, 0.2) is 0 Å². The summed E-state index contributed by atoms with van der Waals surface area (Å²) in [5.41, 5.74) is 0. The summed E-state index contributed by atoms with van der Waals surface area (Å²) in [6.45, 7) is 0. The normalized spacial score (nSPS) is 8.22. The van der Waals surface area contributed by atoms with Crippen LogP contribution in [0, 0.1) is 17.7 Å². The first kappa shape index (κ1) is 8.60. The second kappa shape index (κ2) is 3.59. The van der Waals surface area contributed by atoms with E-state index < -0.39 is 11.6 Å². The predicted octanol–water partition coefficient (Wildman–Crippen LogP) is 1.76. The fourth-order valence-electron chi connectivity index (χ4n) is 0.396. The van der Waals surface area contributed by atoms with Crippen LogP contribution in [-0.2, 0) is 17.1 Å². The van der Waals surface area contributed by atoms with Crippen molar-refractivity contribution in [3.63, 3.8) is 0 Å². The van der Waals surface area contributed by atoms with Crippen LogP contribution in [0.1, 0.15) is 0 Å². The van der Waals surface area contributed by atoms with Crippen molar-refractivity contribution >= 4 is 0 Å². The van der Waals surface area contributed by atoms with E-state index in [2.05, 4.69) is 6.07 Å². The fourth-order valence-corrected chi connectivity index (χ4v) is 0.396. The van der Waals surface area contributed by atoms with Gasteiger partial charge in [0.2, 0.25) is 0 Å². The molecule has 0 spiro atoms. The molecule has 1 rings (SSSR count). The molecule has 0 heterocycles. The summed E-state index contributed by atoms with van der Waals surface area (Å²) >= 11 is 0. The topological polar surface area (TPSA) is 0 Å². The summed E-state index contributed by atoms with van der Waals surface area (Å²) in [4.78, 5) is 0. The summed E-state index contributed by atoms with van der Waals surface area (Å²) in [6.07, 6.45) is 0. The fraction of sp³-hybridized carbons (Fsp3) is 0. The van der Waals surface area contributed by atoms with Crippen molar-refractivity contribution in [2.24, 2.45) is 0 Å². The van der Waals surface area contributed by atoms with Crippen molar-refractivity contribution in [2.75, 3.05) is 0 Å². The van der Waals surface area contributed by atoms with Gasteiger partial charge in [-0.2, -0.15) is 12.1 Å². The number of hydrogen-bond donors (Lipinski definition) is 0. The van der Waals surface area contributed by atoms with Gasteiger partial charge in [-0.15, -0.1) is 12.1 Å². The van der Waals surface area contributed by atoms with E-state index >= 15 is 0 Å². The minimum absolute atomic E-state index is 0. The Kier molecular flexibility index (Phi) is 3.43. The van der Waals surface area contributed by atoms with Crippen LogP contribution in [0.2, 0.25) is 0 Å². The molecule has 0 aliphatic carbocycles. The van der Waals surface area contributed by atoms with E-state index in [0.29, 0.717) is 0 Å². The average molecular weight is 169 g/mol. The molecule has 0 fully saturated rings. The maximum Gasteiger partial charge on any atom is 0.0451 e. The monoisotopic (exact) mass is 169 g/mol. The van der Waals surface area contributed by atoms with Gasteiger partial charge in [-0.3, -0.25) is 4.39 Å². The van der Waals surface area contributed by atoms with E-state index in [1.165, 1.54) is 12.1 Å². The molecule has 0 aliphatic heterocycles. The molecule has 0 atom stereocenters. The number of hydrogen-bond acceptors (Lipinski definition) is 0. The minimum Gasteiger partial charge on any atom is -0.281 e. The SMILES string of the molecule is Fc1[c-]cccc1F.[Fe]. The quantitative estimate of drug-likeness (QED) is 0.410. The Labute approximate surface area is 62.4 Å². The zero-order valence-corrected chi connectivity index (χ0v) is 5.45. The molecule has 0 saturated carbocycles. The van der Waals surface area contributed by atoms with Gasteiger partial charge in [-0.1, -0.05) is 0 Å². The molecule has 0 amide bonds. The van der Waals surface area contributed by atoms with Gasteiger partial charge in [0.25, 0.3) is 0 Å². The summed E-state index contributed by atoms with van der Waals surface area (Å²) in [7, 11) is 0. The summed E-state index contributed by atoms with van der Waals surface area (Å²) in [6, 6.07) is 5.81. The summed E-state index contributed by atoms with van der Waals surface area (Å²) < 4.78 is 23.8. The van der Waals surface area contributed by atoms with Crippen molar-refractivity contribution in [1.82, 2.24) is 0 Å². The molecule has 0 unspecified atom stereocenters. The van der Waals surface area contributed by atoms with Crippen molar-refractivity contribution in [3.05, 3.63) is 35.9 Å². The molecule has 0 N–H and O–H groups in total. The molecule has 50 valence electrons. The summed E-state index contributed by atoms with van der Waals surface area (Å²) in [5.74, 6) is -1.78. The van der Waals surface area contributed by atoms with Crippen LogP contribution in [0.15, 0.2) is 18.2 Å². The van der Waals surface area contributed by atoms with E-state index in [4.69, 9.17) is 0 Å². The Hall–Kier alpha value is -0.401. The number of halogens is 2. The second-order valence-corrected chi connectivity index (χ2v) is 1.33. The first-order chi connectivity index (χ1) is 3.80. The van der Waals surface area contributed by atoms with Crippen molar-refractivity contribution in [1.29, 1.82) is 0 Å². The number of benzene rings is 1. The van der Waals surface area contributed by atoms with Crippen LogP contribution in [0.5, 0.6) is 0 Å². The Morgan fingerprint density at radius 3 is 2.33 bits per heavy atom. The zero-order valence-electron chi connectivity index (χ0n) is 4.34. The minimum atomic E-state index is -0.924. The maximum atomic E-state index is 11.9. The van der Waals surface area contributed by atoms with E-state index in [0.717, 1.165) is 6.07 Å². The first-order valence-electron chi connectivity index (χ1n) is 2.12. The molecule has 1 aromatic carbocycles. The average Bonchev–Trinajstić information content (AvgIpc) is 1.77. The third kappa shape index (κ3) is 2.12. The smallest absolute Gasteiger partial charge is 0.0451 e. The van der Waals surface area contributed by atoms with Crippen molar-refractivity contribution < 1.29 is 25.8 Å². The second-order valence-electron chi connectivity index (χ2n) is 1.33. The molecule has 3 heteroatoms. The third-order valence-electron chi connectivity index (χ3n) is 0.759. The first-order valence-corrected chi connectivity index (χ1v) is 2.12. The Bertz CT molecular complexity index is 167. The molecule has 0 aromatic heterocycles. The molecule has 1 aromatic rings. The molecule has 0 nitrogen and oxygen atoms in total. The van der Waals surface area contributed by atoms with Crippen LogP contribution < -0.4 is 0 Å². The van der Waals surface area contributed by atoms with E-state index in [9.17, 15) is 8.78 Å². The van der Waals surface area contributed by atoms with Crippen LogP contribution in [0.4, 0.5) is 8.78 Å². The predicted molar refractivity (Wildman–Crippen MR) is 25.2 cm³/mol. The van der Waals surface area contributed by atoms with Gasteiger partial charge in [0.05, 0.1) is 0 Å². The third-order valence-corrected chi connectivity index (χ3v) is 0.759. The standard InChI is InChI=1S/C6H3F2.Fe/c7-5-3-1-2-4-6(5)8;/h1-3H;/q-1;. The van der Waals surface area contributed by atoms with Gasteiger partial charge in [-0.25, -0.2) is 4.39 Å². The molecular weight excluding hydrogens is 166 g/mol. The van der Waals surface area contributed by atoms with E-state index in [-0.39, 0.29) is 17.1 Å². The Morgan fingerprint density at radius 2 is 2.00 bits per heavy atom. The Balaban J connectivity index is 0.000000640. The molecular formula is C6H3F2Fe-. The van der Waals surface area contributed by atoms with Gasteiger partial charge in [0.1, 0.15) is 0 Å². The van der Waals surface area contributed by atoms with Crippen molar-refractivity contribution in [3.8, 4) is 0 Å². The van der Waals surface area contributed by atoms with Gasteiger partial charge < -0.3 is 0 Å². The van der Waals surface area contributed by atoms with Crippen LogP contribution in [0.25, 0.3) is 0 Å². The van der Waals surface area contributed by atoms with Gasteiger partial charge in [0, 0.05) is 28.7 Å². The van der Waals surface area contributed by atoms with Gasteiger partial charge in [-0.05, 0) is 0 Å². The van der Waals surface area contributed by atoms with Gasteiger partial charge >= 0.3 is 0 Å². The van der Waals surface area contributed by atoms with E-state index in [1.54, 1.807) is 0 Å². The van der Waals surface area contributed by atoms with E-state index in [1.807, 2.05) is 0 Å². The Morgan fingerprint density at radius 1 is 1.33 bits per heavy atom. The number of rotatable bonds is 0. The zero-order chi connectivity index (χ0) is 5.98. The van der Waals surface area contributed by atoms with Crippen LogP contribution >= 0.6 is 0 Å². The van der Waals surface area contributed by atoms with Crippen LogP contribution in [0.3, 0.4) is 0 Å². The molecule has 0 saturated heterocycles. The largest absolute Gasteiger partial charge is 0.281 e. The molecule has 0 radical (unpaired) electrons. The molecule has 9 heavy (non-hydrogen) atoms. The summed E-state index contributed by atoms with van der Waals surface area (Å²) in [5, 5.41) is 0. The molecule has 0 bridgehead atoms. The molecule has 0 aliphatic rings.